The highest BCUT2D eigenvalue weighted by molar-refractivity contribution is 5.78. The van der Waals surface area contributed by atoms with Gasteiger partial charge in [0, 0.05) is 19.8 Å². The normalized spacial score (nSPS) is 19.7. The third-order valence-corrected chi connectivity index (χ3v) is 3.40. The molecular weight excluding hydrogens is 228 g/mol. The van der Waals surface area contributed by atoms with Crippen LogP contribution in [0.15, 0.2) is 12.4 Å². The summed E-state index contributed by atoms with van der Waals surface area (Å²) in [6.07, 6.45) is 7.66. The van der Waals surface area contributed by atoms with Gasteiger partial charge in [-0.1, -0.05) is 0 Å². The second-order valence-corrected chi connectivity index (χ2v) is 5.05. The summed E-state index contributed by atoms with van der Waals surface area (Å²) in [7, 11) is 1.86. The van der Waals surface area contributed by atoms with Crippen LogP contribution in [0.3, 0.4) is 0 Å². The molecule has 2 rings (SSSR count). The second-order valence-electron chi connectivity index (χ2n) is 5.05. The number of rotatable bonds is 5. The van der Waals surface area contributed by atoms with E-state index in [0.29, 0.717) is 6.42 Å². The number of amides is 1. The first kappa shape index (κ1) is 13.1. The highest BCUT2D eigenvalue weighted by Crippen LogP contribution is 2.12. The largest absolute Gasteiger partial charge is 0.356 e. The van der Waals surface area contributed by atoms with E-state index in [1.165, 1.54) is 12.8 Å². The van der Waals surface area contributed by atoms with Crippen LogP contribution in [0.4, 0.5) is 0 Å². The Morgan fingerprint density at radius 2 is 2.56 bits per heavy atom. The van der Waals surface area contributed by atoms with E-state index in [1.54, 1.807) is 10.9 Å². The Balaban J connectivity index is 1.62. The summed E-state index contributed by atoms with van der Waals surface area (Å²) in [5.74, 6) is 0.809. The highest BCUT2D eigenvalue weighted by Gasteiger charge is 2.13. The smallest absolute Gasteiger partial charge is 0.224 e. The van der Waals surface area contributed by atoms with E-state index in [0.717, 1.165) is 37.5 Å². The Hall–Kier alpha value is -1.36. The molecular formula is C13H22N4O. The lowest BCUT2D eigenvalue weighted by Gasteiger charge is -2.22. The van der Waals surface area contributed by atoms with Crippen molar-refractivity contribution in [3.63, 3.8) is 0 Å². The van der Waals surface area contributed by atoms with Crippen LogP contribution in [0, 0.1) is 5.92 Å². The molecule has 2 heterocycles. The molecule has 2 N–H and O–H groups in total. The van der Waals surface area contributed by atoms with E-state index in [2.05, 4.69) is 15.7 Å². The van der Waals surface area contributed by atoms with Gasteiger partial charge in [-0.05, 0) is 43.8 Å². The average Bonchev–Trinajstić information content (AvgIpc) is 2.76. The Labute approximate surface area is 108 Å². The number of piperidine rings is 1. The lowest BCUT2D eigenvalue weighted by molar-refractivity contribution is -0.120. The van der Waals surface area contributed by atoms with Gasteiger partial charge in [-0.3, -0.25) is 9.48 Å². The minimum Gasteiger partial charge on any atom is -0.356 e. The van der Waals surface area contributed by atoms with Crippen molar-refractivity contribution in [2.75, 3.05) is 19.6 Å². The lowest BCUT2D eigenvalue weighted by Crippen LogP contribution is -2.33. The van der Waals surface area contributed by atoms with E-state index in [-0.39, 0.29) is 5.91 Å². The zero-order chi connectivity index (χ0) is 12.8. The van der Waals surface area contributed by atoms with Crippen LogP contribution in [-0.4, -0.2) is 35.3 Å². The first-order valence-electron chi connectivity index (χ1n) is 6.69. The van der Waals surface area contributed by atoms with Crippen LogP contribution >= 0.6 is 0 Å². The quantitative estimate of drug-likeness (QED) is 0.798. The molecule has 0 spiro atoms. The molecule has 18 heavy (non-hydrogen) atoms. The van der Waals surface area contributed by atoms with Crippen molar-refractivity contribution in [1.29, 1.82) is 0 Å². The molecule has 0 saturated carbocycles. The van der Waals surface area contributed by atoms with E-state index < -0.39 is 0 Å². The van der Waals surface area contributed by atoms with E-state index >= 15 is 0 Å². The standard InChI is InChI=1S/C13H22N4O/c1-17-10-12(9-16-17)7-13(18)15-6-4-11-3-2-5-14-8-11/h9-11,14H,2-8H2,1H3,(H,15,18). The fourth-order valence-corrected chi connectivity index (χ4v) is 2.40. The molecule has 1 saturated heterocycles. The molecule has 5 nitrogen and oxygen atoms in total. The molecule has 0 aliphatic carbocycles. The number of carbonyl (C=O) groups is 1. The number of carbonyl (C=O) groups excluding carboxylic acids is 1. The molecule has 0 radical (unpaired) electrons. The molecule has 1 atom stereocenters. The van der Waals surface area contributed by atoms with Crippen molar-refractivity contribution in [2.45, 2.75) is 25.7 Å². The SMILES string of the molecule is Cn1cc(CC(=O)NCCC2CCCNC2)cn1. The van der Waals surface area contributed by atoms with E-state index in [4.69, 9.17) is 0 Å². The molecule has 0 bridgehead atoms. The zero-order valence-corrected chi connectivity index (χ0v) is 11.0. The lowest BCUT2D eigenvalue weighted by atomic mass is 9.96. The van der Waals surface area contributed by atoms with Gasteiger partial charge in [-0.2, -0.15) is 5.10 Å². The van der Waals surface area contributed by atoms with Crippen LogP contribution in [0.25, 0.3) is 0 Å². The number of aryl methyl sites for hydroxylation is 1. The summed E-state index contributed by atoms with van der Waals surface area (Å²) in [5, 5.41) is 10.4. The van der Waals surface area contributed by atoms with Gasteiger partial charge in [0.25, 0.3) is 0 Å². The molecule has 1 unspecified atom stereocenters. The van der Waals surface area contributed by atoms with Gasteiger partial charge in [0.2, 0.25) is 5.91 Å². The maximum absolute atomic E-state index is 11.7. The maximum atomic E-state index is 11.7. The minimum atomic E-state index is 0.0896. The molecule has 1 aliphatic heterocycles. The van der Waals surface area contributed by atoms with Gasteiger partial charge in [-0.15, -0.1) is 0 Å². The van der Waals surface area contributed by atoms with Crippen molar-refractivity contribution >= 4 is 5.91 Å². The third-order valence-electron chi connectivity index (χ3n) is 3.40. The summed E-state index contributed by atoms with van der Waals surface area (Å²) in [6, 6.07) is 0. The van der Waals surface area contributed by atoms with Gasteiger partial charge in [0.1, 0.15) is 0 Å². The molecule has 1 aromatic rings. The molecule has 1 amide bonds. The second kappa shape index (κ2) is 6.54. The summed E-state index contributed by atoms with van der Waals surface area (Å²) in [6.45, 7) is 3.02. The van der Waals surface area contributed by atoms with E-state index in [9.17, 15) is 4.79 Å². The zero-order valence-electron chi connectivity index (χ0n) is 11.0. The van der Waals surface area contributed by atoms with Gasteiger partial charge < -0.3 is 10.6 Å². The number of nitrogens with zero attached hydrogens (tertiary/aromatic N) is 2. The average molecular weight is 250 g/mol. The van der Waals surface area contributed by atoms with Gasteiger partial charge in [0.15, 0.2) is 0 Å². The predicted molar refractivity (Wildman–Crippen MR) is 70.1 cm³/mol. The fourth-order valence-electron chi connectivity index (χ4n) is 2.40. The number of nitrogens with one attached hydrogen (secondary N) is 2. The molecule has 1 aliphatic rings. The van der Waals surface area contributed by atoms with Crippen molar-refractivity contribution < 1.29 is 4.79 Å². The third kappa shape index (κ3) is 4.14. The fraction of sp³-hybridized carbons (Fsp3) is 0.692. The van der Waals surface area contributed by atoms with Crippen LogP contribution < -0.4 is 10.6 Å². The number of aromatic nitrogens is 2. The van der Waals surface area contributed by atoms with Crippen molar-refractivity contribution in [3.05, 3.63) is 18.0 Å². The van der Waals surface area contributed by atoms with Gasteiger partial charge in [0.05, 0.1) is 12.6 Å². The molecule has 0 aromatic carbocycles. The predicted octanol–water partition coefficient (Wildman–Crippen LogP) is 0.469. The van der Waals surface area contributed by atoms with Gasteiger partial charge in [-0.25, -0.2) is 0 Å². The van der Waals surface area contributed by atoms with Crippen molar-refractivity contribution in [3.8, 4) is 0 Å². The Morgan fingerprint density at radius 1 is 1.67 bits per heavy atom. The Morgan fingerprint density at radius 3 is 3.22 bits per heavy atom. The number of hydrogen-bond donors (Lipinski definition) is 2. The Kier molecular flexibility index (Phi) is 4.75. The molecule has 100 valence electrons. The van der Waals surface area contributed by atoms with Crippen LogP contribution in [0.1, 0.15) is 24.8 Å². The van der Waals surface area contributed by atoms with Crippen molar-refractivity contribution in [2.24, 2.45) is 13.0 Å². The van der Waals surface area contributed by atoms with Crippen LogP contribution in [0.5, 0.6) is 0 Å². The highest BCUT2D eigenvalue weighted by atomic mass is 16.1. The molecule has 5 heteroatoms. The summed E-state index contributed by atoms with van der Waals surface area (Å²) < 4.78 is 1.72. The van der Waals surface area contributed by atoms with E-state index in [1.807, 2.05) is 13.2 Å². The minimum absolute atomic E-state index is 0.0896. The monoisotopic (exact) mass is 250 g/mol. The Bertz CT molecular complexity index is 382. The molecule has 1 fully saturated rings. The van der Waals surface area contributed by atoms with Gasteiger partial charge >= 0.3 is 0 Å². The topological polar surface area (TPSA) is 59.0 Å². The maximum Gasteiger partial charge on any atom is 0.224 e. The van der Waals surface area contributed by atoms with Crippen LogP contribution in [0.2, 0.25) is 0 Å². The molecule has 1 aromatic heterocycles. The first-order valence-corrected chi connectivity index (χ1v) is 6.69. The summed E-state index contributed by atoms with van der Waals surface area (Å²) >= 11 is 0. The summed E-state index contributed by atoms with van der Waals surface area (Å²) in [4.78, 5) is 11.7. The van der Waals surface area contributed by atoms with Crippen LogP contribution in [-0.2, 0) is 18.3 Å². The number of hydrogen-bond acceptors (Lipinski definition) is 3. The summed E-state index contributed by atoms with van der Waals surface area (Å²) in [5.41, 5.74) is 0.967. The van der Waals surface area contributed by atoms with Crippen molar-refractivity contribution in [1.82, 2.24) is 20.4 Å². The first-order chi connectivity index (χ1) is 8.74.